The third-order valence-corrected chi connectivity index (χ3v) is 3.61. The van der Waals surface area contributed by atoms with Crippen molar-refractivity contribution >= 4 is 11.3 Å². The van der Waals surface area contributed by atoms with Crippen LogP contribution in [0.25, 0.3) is 0 Å². The van der Waals surface area contributed by atoms with Crippen LogP contribution in [0.2, 0.25) is 0 Å². The van der Waals surface area contributed by atoms with E-state index in [2.05, 4.69) is 53.8 Å². The fourth-order valence-electron chi connectivity index (χ4n) is 1.66. The van der Waals surface area contributed by atoms with Crippen LogP contribution in [0.1, 0.15) is 34.8 Å². The molecule has 0 amide bonds. The monoisotopic (exact) mass is 246 g/mol. The van der Waals surface area contributed by atoms with E-state index in [0.717, 1.165) is 17.2 Å². The van der Waals surface area contributed by atoms with Crippen LogP contribution >= 0.6 is 11.3 Å². The van der Waals surface area contributed by atoms with Crippen molar-refractivity contribution in [3.8, 4) is 0 Å². The lowest BCUT2D eigenvalue weighted by atomic mass is 10.1. The molecule has 1 heterocycles. The van der Waals surface area contributed by atoms with E-state index in [1.807, 2.05) is 6.92 Å². The first-order valence-electron chi connectivity index (χ1n) is 5.86. The lowest BCUT2D eigenvalue weighted by Gasteiger charge is -2.11. The van der Waals surface area contributed by atoms with E-state index in [4.69, 9.17) is 0 Å². The summed E-state index contributed by atoms with van der Waals surface area (Å²) in [6, 6.07) is 8.94. The summed E-state index contributed by atoms with van der Waals surface area (Å²) in [5.41, 5.74) is 3.76. The minimum absolute atomic E-state index is 0.307. The highest BCUT2D eigenvalue weighted by molar-refractivity contribution is 7.09. The first-order valence-corrected chi connectivity index (χ1v) is 6.74. The lowest BCUT2D eigenvalue weighted by Crippen LogP contribution is -2.18. The molecule has 1 aromatic carbocycles. The second-order valence-electron chi connectivity index (χ2n) is 4.38. The topological polar surface area (TPSA) is 24.9 Å². The van der Waals surface area contributed by atoms with Crippen molar-refractivity contribution in [3.05, 3.63) is 51.5 Å². The summed E-state index contributed by atoms with van der Waals surface area (Å²) < 4.78 is 0. The number of thiazole rings is 1. The van der Waals surface area contributed by atoms with Gasteiger partial charge < -0.3 is 5.32 Å². The zero-order valence-corrected chi connectivity index (χ0v) is 11.3. The van der Waals surface area contributed by atoms with Crippen LogP contribution in [0.3, 0.4) is 0 Å². The standard InChI is InChI=1S/C14H18N2S/c1-10-4-6-13(7-5-10)8-15-11(2)14-9-17-12(3)16-14/h4-7,9,11,15H,8H2,1-3H3/t11-/m1/s1. The van der Waals surface area contributed by atoms with Crippen LogP contribution in [0.5, 0.6) is 0 Å². The number of rotatable bonds is 4. The molecule has 17 heavy (non-hydrogen) atoms. The van der Waals surface area contributed by atoms with Gasteiger partial charge >= 0.3 is 0 Å². The van der Waals surface area contributed by atoms with Crippen molar-refractivity contribution in [1.82, 2.24) is 10.3 Å². The molecule has 0 aliphatic heterocycles. The number of nitrogens with zero attached hydrogens (tertiary/aromatic N) is 1. The molecule has 1 N–H and O–H groups in total. The zero-order chi connectivity index (χ0) is 12.3. The number of nitrogens with one attached hydrogen (secondary N) is 1. The Hall–Kier alpha value is -1.19. The van der Waals surface area contributed by atoms with Crippen molar-refractivity contribution < 1.29 is 0 Å². The van der Waals surface area contributed by atoms with Crippen LogP contribution in [0.4, 0.5) is 0 Å². The predicted octanol–water partition coefficient (Wildman–Crippen LogP) is 3.61. The quantitative estimate of drug-likeness (QED) is 0.891. The van der Waals surface area contributed by atoms with Gasteiger partial charge in [0.15, 0.2) is 0 Å². The second-order valence-corrected chi connectivity index (χ2v) is 5.44. The fourth-order valence-corrected chi connectivity index (χ4v) is 2.37. The van der Waals surface area contributed by atoms with Gasteiger partial charge in [-0.3, -0.25) is 0 Å². The van der Waals surface area contributed by atoms with Crippen molar-refractivity contribution in [2.24, 2.45) is 0 Å². The first kappa shape index (κ1) is 12.3. The highest BCUT2D eigenvalue weighted by Crippen LogP contribution is 2.16. The summed E-state index contributed by atoms with van der Waals surface area (Å²) in [4.78, 5) is 4.49. The summed E-state index contributed by atoms with van der Waals surface area (Å²) in [7, 11) is 0. The molecule has 0 radical (unpaired) electrons. The third-order valence-electron chi connectivity index (χ3n) is 2.81. The SMILES string of the molecule is Cc1ccc(CN[C@H](C)c2csc(C)n2)cc1. The molecule has 0 unspecified atom stereocenters. The molecule has 90 valence electrons. The van der Waals surface area contributed by atoms with Crippen LogP contribution in [0, 0.1) is 13.8 Å². The highest BCUT2D eigenvalue weighted by atomic mass is 32.1. The van der Waals surface area contributed by atoms with Crippen LogP contribution in [-0.2, 0) is 6.54 Å². The molecule has 1 atom stereocenters. The first-order chi connectivity index (χ1) is 8.15. The zero-order valence-electron chi connectivity index (χ0n) is 10.5. The molecule has 0 bridgehead atoms. The summed E-state index contributed by atoms with van der Waals surface area (Å²) in [5, 5.41) is 6.75. The molecule has 2 aromatic rings. The summed E-state index contributed by atoms with van der Waals surface area (Å²) in [5.74, 6) is 0. The van der Waals surface area contributed by atoms with E-state index >= 15 is 0 Å². The molecule has 0 aliphatic carbocycles. The Bertz CT molecular complexity index is 473. The van der Waals surface area contributed by atoms with Crippen LogP contribution in [-0.4, -0.2) is 4.98 Å². The molecule has 0 spiro atoms. The maximum Gasteiger partial charge on any atom is 0.0898 e. The normalized spacial score (nSPS) is 12.6. The number of hydrogen-bond donors (Lipinski definition) is 1. The van der Waals surface area contributed by atoms with E-state index in [0.29, 0.717) is 6.04 Å². The summed E-state index contributed by atoms with van der Waals surface area (Å²) in [6.07, 6.45) is 0. The molecule has 3 heteroatoms. The minimum Gasteiger partial charge on any atom is -0.305 e. The largest absolute Gasteiger partial charge is 0.305 e. The Morgan fingerprint density at radius 3 is 2.53 bits per heavy atom. The van der Waals surface area contributed by atoms with Crippen molar-refractivity contribution in [2.45, 2.75) is 33.4 Å². The van der Waals surface area contributed by atoms with Gasteiger partial charge in [0.05, 0.1) is 10.7 Å². The maximum absolute atomic E-state index is 4.49. The molecular weight excluding hydrogens is 228 g/mol. The van der Waals surface area contributed by atoms with Gasteiger partial charge in [0.1, 0.15) is 0 Å². The second kappa shape index (κ2) is 5.43. The van der Waals surface area contributed by atoms with Crippen molar-refractivity contribution in [3.63, 3.8) is 0 Å². The van der Waals surface area contributed by atoms with Gasteiger partial charge in [0, 0.05) is 18.0 Å². The fraction of sp³-hybridized carbons (Fsp3) is 0.357. The third kappa shape index (κ3) is 3.38. The molecule has 2 rings (SSSR count). The highest BCUT2D eigenvalue weighted by Gasteiger charge is 2.07. The number of aromatic nitrogens is 1. The molecule has 0 aliphatic rings. The van der Waals surface area contributed by atoms with E-state index in [-0.39, 0.29) is 0 Å². The van der Waals surface area contributed by atoms with Gasteiger partial charge in [-0.05, 0) is 26.3 Å². The molecule has 0 saturated carbocycles. The summed E-state index contributed by atoms with van der Waals surface area (Å²) in [6.45, 7) is 7.19. The number of hydrogen-bond acceptors (Lipinski definition) is 3. The van der Waals surface area contributed by atoms with Gasteiger partial charge in [-0.1, -0.05) is 29.8 Å². The smallest absolute Gasteiger partial charge is 0.0898 e. The maximum atomic E-state index is 4.49. The van der Waals surface area contributed by atoms with Crippen LogP contribution < -0.4 is 5.32 Å². The van der Waals surface area contributed by atoms with E-state index < -0.39 is 0 Å². The van der Waals surface area contributed by atoms with Gasteiger partial charge in [-0.25, -0.2) is 4.98 Å². The van der Waals surface area contributed by atoms with E-state index in [1.165, 1.54) is 11.1 Å². The lowest BCUT2D eigenvalue weighted by molar-refractivity contribution is 0.563. The molecule has 2 nitrogen and oxygen atoms in total. The van der Waals surface area contributed by atoms with Crippen molar-refractivity contribution in [2.75, 3.05) is 0 Å². The number of benzene rings is 1. The van der Waals surface area contributed by atoms with Gasteiger partial charge in [0.25, 0.3) is 0 Å². The van der Waals surface area contributed by atoms with Gasteiger partial charge in [0.2, 0.25) is 0 Å². The molecule has 0 saturated heterocycles. The Labute approximate surface area is 107 Å². The Morgan fingerprint density at radius 2 is 1.94 bits per heavy atom. The van der Waals surface area contributed by atoms with E-state index in [1.54, 1.807) is 11.3 Å². The average molecular weight is 246 g/mol. The average Bonchev–Trinajstić information content (AvgIpc) is 2.75. The van der Waals surface area contributed by atoms with Crippen LogP contribution in [0.15, 0.2) is 29.6 Å². The Balaban J connectivity index is 1.92. The van der Waals surface area contributed by atoms with E-state index in [9.17, 15) is 0 Å². The van der Waals surface area contributed by atoms with Crippen molar-refractivity contribution in [1.29, 1.82) is 0 Å². The predicted molar refractivity (Wildman–Crippen MR) is 73.3 cm³/mol. The Kier molecular flexibility index (Phi) is 3.92. The minimum atomic E-state index is 0.307. The molecular formula is C14H18N2S. The number of aryl methyl sites for hydroxylation is 2. The molecule has 0 fully saturated rings. The Morgan fingerprint density at radius 1 is 1.24 bits per heavy atom. The summed E-state index contributed by atoms with van der Waals surface area (Å²) >= 11 is 1.71. The molecule has 1 aromatic heterocycles. The van der Waals surface area contributed by atoms with Gasteiger partial charge in [-0.2, -0.15) is 0 Å². The van der Waals surface area contributed by atoms with Gasteiger partial charge in [-0.15, -0.1) is 11.3 Å².